The maximum absolute atomic E-state index is 11.3. The summed E-state index contributed by atoms with van der Waals surface area (Å²) in [6, 6.07) is 7.06. The minimum absolute atomic E-state index is 0.390. The van der Waals surface area contributed by atoms with Crippen LogP contribution in [0.15, 0.2) is 30.8 Å². The van der Waals surface area contributed by atoms with E-state index in [1.807, 2.05) is 12.1 Å². The third kappa shape index (κ3) is 5.20. The van der Waals surface area contributed by atoms with E-state index in [1.54, 1.807) is 18.2 Å². The predicted molar refractivity (Wildman–Crippen MR) is 68.0 cm³/mol. The fraction of sp³-hybridized carbons (Fsp3) is 0.357. The lowest BCUT2D eigenvalue weighted by Gasteiger charge is -2.07. The Hall–Kier alpha value is -1.77. The molecule has 1 rings (SSSR count). The van der Waals surface area contributed by atoms with E-state index < -0.39 is 6.16 Å². The molecular formula is C14H18O3. The van der Waals surface area contributed by atoms with Gasteiger partial charge in [0.1, 0.15) is 5.75 Å². The first-order chi connectivity index (χ1) is 8.11. The van der Waals surface area contributed by atoms with Crippen molar-refractivity contribution in [2.45, 2.75) is 20.3 Å². The van der Waals surface area contributed by atoms with E-state index in [1.165, 1.54) is 0 Å². The highest BCUT2D eigenvalue weighted by Crippen LogP contribution is 2.13. The molecule has 0 aromatic heterocycles. The standard InChI is InChI=1S/C14H18O3/c1-4-12-5-7-13(8-6-12)17-14(15)16-10-9-11(2)3/h4-8,11H,1,9-10H2,2-3H3. The van der Waals surface area contributed by atoms with Gasteiger partial charge in [-0.05, 0) is 30.0 Å². The molecule has 1 aromatic carbocycles. The molecular weight excluding hydrogens is 216 g/mol. The van der Waals surface area contributed by atoms with Crippen molar-refractivity contribution >= 4 is 12.2 Å². The Morgan fingerprint density at radius 2 is 2.00 bits per heavy atom. The summed E-state index contributed by atoms with van der Waals surface area (Å²) >= 11 is 0. The number of carbonyl (C=O) groups is 1. The monoisotopic (exact) mass is 234 g/mol. The van der Waals surface area contributed by atoms with Crippen molar-refractivity contribution in [3.63, 3.8) is 0 Å². The lowest BCUT2D eigenvalue weighted by molar-refractivity contribution is 0.0949. The van der Waals surface area contributed by atoms with Crippen LogP contribution in [0.25, 0.3) is 6.08 Å². The Balaban J connectivity index is 2.37. The zero-order chi connectivity index (χ0) is 12.7. The van der Waals surface area contributed by atoms with Crippen molar-refractivity contribution < 1.29 is 14.3 Å². The smallest absolute Gasteiger partial charge is 0.434 e. The molecule has 0 fully saturated rings. The van der Waals surface area contributed by atoms with Crippen LogP contribution in [-0.4, -0.2) is 12.8 Å². The topological polar surface area (TPSA) is 35.5 Å². The van der Waals surface area contributed by atoms with Gasteiger partial charge in [0.2, 0.25) is 0 Å². The molecule has 0 aliphatic heterocycles. The molecule has 0 aliphatic rings. The Morgan fingerprint density at radius 1 is 1.35 bits per heavy atom. The fourth-order valence-electron chi connectivity index (χ4n) is 1.18. The number of ether oxygens (including phenoxy) is 2. The second-order valence-corrected chi connectivity index (χ2v) is 4.16. The average molecular weight is 234 g/mol. The van der Waals surface area contributed by atoms with E-state index in [2.05, 4.69) is 20.4 Å². The average Bonchev–Trinajstić information content (AvgIpc) is 2.29. The number of hydrogen-bond acceptors (Lipinski definition) is 3. The van der Waals surface area contributed by atoms with Gasteiger partial charge in [-0.1, -0.05) is 38.6 Å². The minimum Gasteiger partial charge on any atom is -0.434 e. The molecule has 17 heavy (non-hydrogen) atoms. The summed E-state index contributed by atoms with van der Waals surface area (Å²) in [6.45, 7) is 8.18. The van der Waals surface area contributed by atoms with Crippen LogP contribution in [0.5, 0.6) is 5.75 Å². The Kier molecular flexibility index (Phi) is 5.27. The van der Waals surface area contributed by atoms with Gasteiger partial charge in [0.25, 0.3) is 0 Å². The lowest BCUT2D eigenvalue weighted by Crippen LogP contribution is -2.12. The van der Waals surface area contributed by atoms with Gasteiger partial charge in [0.15, 0.2) is 0 Å². The van der Waals surface area contributed by atoms with Crippen LogP contribution < -0.4 is 4.74 Å². The SMILES string of the molecule is C=Cc1ccc(OC(=O)OCCC(C)C)cc1. The molecule has 0 aliphatic carbocycles. The largest absolute Gasteiger partial charge is 0.513 e. The molecule has 0 saturated carbocycles. The normalized spacial score (nSPS) is 10.1. The molecule has 0 heterocycles. The molecule has 1 aromatic rings. The zero-order valence-electron chi connectivity index (χ0n) is 10.3. The van der Waals surface area contributed by atoms with E-state index in [0.29, 0.717) is 18.3 Å². The first-order valence-electron chi connectivity index (χ1n) is 5.69. The van der Waals surface area contributed by atoms with Gasteiger partial charge >= 0.3 is 6.16 Å². The molecule has 0 amide bonds. The summed E-state index contributed by atoms with van der Waals surface area (Å²) in [4.78, 5) is 11.3. The molecule has 3 nitrogen and oxygen atoms in total. The van der Waals surface area contributed by atoms with Crippen LogP contribution in [0, 0.1) is 5.92 Å². The molecule has 0 N–H and O–H groups in total. The maximum atomic E-state index is 11.3. The van der Waals surface area contributed by atoms with Crippen LogP contribution >= 0.6 is 0 Å². The van der Waals surface area contributed by atoms with E-state index in [-0.39, 0.29) is 0 Å². The molecule has 92 valence electrons. The van der Waals surface area contributed by atoms with Crippen molar-refractivity contribution in [2.24, 2.45) is 5.92 Å². The Bertz CT molecular complexity index is 366. The van der Waals surface area contributed by atoms with E-state index in [4.69, 9.17) is 9.47 Å². The van der Waals surface area contributed by atoms with Crippen molar-refractivity contribution in [2.75, 3.05) is 6.61 Å². The summed E-state index contributed by atoms with van der Waals surface area (Å²) in [5, 5.41) is 0. The van der Waals surface area contributed by atoms with Gasteiger partial charge in [-0.15, -0.1) is 0 Å². The van der Waals surface area contributed by atoms with Crippen LogP contribution in [0.2, 0.25) is 0 Å². The summed E-state index contributed by atoms with van der Waals surface area (Å²) < 4.78 is 9.93. The van der Waals surface area contributed by atoms with Crippen molar-refractivity contribution in [1.82, 2.24) is 0 Å². The lowest BCUT2D eigenvalue weighted by atomic mass is 10.1. The number of hydrogen-bond donors (Lipinski definition) is 0. The highest BCUT2D eigenvalue weighted by atomic mass is 16.7. The number of benzene rings is 1. The Labute approximate surface area is 102 Å². The summed E-state index contributed by atoms with van der Waals surface area (Å²) in [6.07, 6.45) is 1.91. The molecule has 0 radical (unpaired) electrons. The molecule has 0 bridgehead atoms. The predicted octanol–water partition coefficient (Wildman–Crippen LogP) is 3.89. The third-order valence-corrected chi connectivity index (χ3v) is 2.23. The highest BCUT2D eigenvalue weighted by Gasteiger charge is 2.06. The van der Waals surface area contributed by atoms with Gasteiger partial charge < -0.3 is 9.47 Å². The maximum Gasteiger partial charge on any atom is 0.513 e. The molecule has 0 saturated heterocycles. The number of rotatable bonds is 5. The quantitative estimate of drug-likeness (QED) is 0.572. The van der Waals surface area contributed by atoms with E-state index >= 15 is 0 Å². The van der Waals surface area contributed by atoms with Crippen LogP contribution in [0.1, 0.15) is 25.8 Å². The second kappa shape index (κ2) is 6.74. The Morgan fingerprint density at radius 3 is 2.53 bits per heavy atom. The van der Waals surface area contributed by atoms with Crippen molar-refractivity contribution in [1.29, 1.82) is 0 Å². The summed E-state index contributed by atoms with van der Waals surface area (Å²) in [5.41, 5.74) is 0.977. The summed E-state index contributed by atoms with van der Waals surface area (Å²) in [7, 11) is 0. The van der Waals surface area contributed by atoms with Gasteiger partial charge in [0, 0.05) is 0 Å². The highest BCUT2D eigenvalue weighted by molar-refractivity contribution is 5.64. The summed E-state index contributed by atoms with van der Waals surface area (Å²) in [5.74, 6) is 0.986. The van der Waals surface area contributed by atoms with Crippen molar-refractivity contribution in [3.05, 3.63) is 36.4 Å². The van der Waals surface area contributed by atoms with Gasteiger partial charge in [-0.2, -0.15) is 0 Å². The molecule has 0 spiro atoms. The van der Waals surface area contributed by atoms with Gasteiger partial charge in [-0.25, -0.2) is 4.79 Å². The van der Waals surface area contributed by atoms with Crippen LogP contribution in [-0.2, 0) is 4.74 Å². The first kappa shape index (κ1) is 13.3. The van der Waals surface area contributed by atoms with Gasteiger partial charge in [0.05, 0.1) is 6.61 Å². The first-order valence-corrected chi connectivity index (χ1v) is 5.69. The second-order valence-electron chi connectivity index (χ2n) is 4.16. The zero-order valence-corrected chi connectivity index (χ0v) is 10.3. The molecule has 0 unspecified atom stereocenters. The minimum atomic E-state index is -0.656. The molecule has 3 heteroatoms. The van der Waals surface area contributed by atoms with Gasteiger partial charge in [-0.3, -0.25) is 0 Å². The van der Waals surface area contributed by atoms with E-state index in [9.17, 15) is 4.79 Å². The molecule has 0 atom stereocenters. The van der Waals surface area contributed by atoms with Crippen LogP contribution in [0.4, 0.5) is 4.79 Å². The third-order valence-electron chi connectivity index (χ3n) is 2.23. The van der Waals surface area contributed by atoms with Crippen molar-refractivity contribution in [3.8, 4) is 5.75 Å². The van der Waals surface area contributed by atoms with E-state index in [0.717, 1.165) is 12.0 Å². The fourth-order valence-corrected chi connectivity index (χ4v) is 1.18. The number of carbonyl (C=O) groups excluding carboxylic acids is 1. The van der Waals surface area contributed by atoms with Crippen LogP contribution in [0.3, 0.4) is 0 Å².